The van der Waals surface area contributed by atoms with Gasteiger partial charge in [-0.1, -0.05) is 43.5 Å². The van der Waals surface area contributed by atoms with Crippen LogP contribution in [-0.4, -0.2) is 6.04 Å². The molecular formula is C12H17ClFN. The van der Waals surface area contributed by atoms with Crippen molar-refractivity contribution in [2.45, 2.75) is 38.6 Å². The summed E-state index contributed by atoms with van der Waals surface area (Å²) in [6.07, 6.45) is 3.70. The van der Waals surface area contributed by atoms with Crippen LogP contribution in [0.25, 0.3) is 0 Å². The summed E-state index contributed by atoms with van der Waals surface area (Å²) in [7, 11) is 0. The molecule has 1 aromatic carbocycles. The van der Waals surface area contributed by atoms with Gasteiger partial charge in [0, 0.05) is 6.04 Å². The molecule has 0 saturated carbocycles. The van der Waals surface area contributed by atoms with Crippen molar-refractivity contribution in [3.05, 3.63) is 34.6 Å². The topological polar surface area (TPSA) is 26.0 Å². The van der Waals surface area contributed by atoms with Crippen LogP contribution in [0.15, 0.2) is 18.2 Å². The zero-order valence-electron chi connectivity index (χ0n) is 8.97. The van der Waals surface area contributed by atoms with Crippen LogP contribution in [0, 0.1) is 5.82 Å². The van der Waals surface area contributed by atoms with Gasteiger partial charge in [-0.15, -0.1) is 0 Å². The molecule has 1 aromatic rings. The van der Waals surface area contributed by atoms with Gasteiger partial charge in [-0.05, 0) is 24.5 Å². The van der Waals surface area contributed by atoms with Crippen molar-refractivity contribution in [1.29, 1.82) is 0 Å². The molecule has 0 bridgehead atoms. The SMILES string of the molecule is CCCCC(N)Cc1cccc(Cl)c1F. The van der Waals surface area contributed by atoms with E-state index in [1.807, 2.05) is 0 Å². The Kier molecular flexibility index (Phi) is 5.06. The molecule has 1 atom stereocenters. The molecule has 1 nitrogen and oxygen atoms in total. The molecule has 1 rings (SSSR count). The van der Waals surface area contributed by atoms with Crippen molar-refractivity contribution in [3.8, 4) is 0 Å². The molecular weight excluding hydrogens is 213 g/mol. The summed E-state index contributed by atoms with van der Waals surface area (Å²) >= 11 is 5.69. The van der Waals surface area contributed by atoms with Crippen LogP contribution in [0.3, 0.4) is 0 Å². The maximum absolute atomic E-state index is 13.5. The molecule has 2 N–H and O–H groups in total. The highest BCUT2D eigenvalue weighted by Gasteiger charge is 2.10. The van der Waals surface area contributed by atoms with E-state index in [1.165, 1.54) is 0 Å². The second-order valence-corrected chi connectivity index (χ2v) is 4.23. The van der Waals surface area contributed by atoms with E-state index in [-0.39, 0.29) is 16.9 Å². The summed E-state index contributed by atoms with van der Waals surface area (Å²) in [6, 6.07) is 5.08. The Bertz CT molecular complexity index is 314. The van der Waals surface area contributed by atoms with E-state index in [2.05, 4.69) is 6.92 Å². The van der Waals surface area contributed by atoms with E-state index >= 15 is 0 Å². The number of nitrogens with two attached hydrogens (primary N) is 1. The summed E-state index contributed by atoms with van der Waals surface area (Å²) in [5.41, 5.74) is 6.52. The summed E-state index contributed by atoms with van der Waals surface area (Å²) in [6.45, 7) is 2.12. The zero-order chi connectivity index (χ0) is 11.3. The fraction of sp³-hybridized carbons (Fsp3) is 0.500. The van der Waals surface area contributed by atoms with E-state index in [0.717, 1.165) is 19.3 Å². The smallest absolute Gasteiger partial charge is 0.145 e. The standard InChI is InChI=1S/C12H17ClFN/c1-2-3-6-10(15)8-9-5-4-7-11(13)12(9)14/h4-5,7,10H,2-3,6,8,15H2,1H3. The Morgan fingerprint density at radius 2 is 2.20 bits per heavy atom. The third kappa shape index (κ3) is 3.80. The van der Waals surface area contributed by atoms with Crippen molar-refractivity contribution >= 4 is 11.6 Å². The highest BCUT2D eigenvalue weighted by Crippen LogP contribution is 2.19. The quantitative estimate of drug-likeness (QED) is 0.821. The highest BCUT2D eigenvalue weighted by molar-refractivity contribution is 6.30. The molecule has 0 amide bonds. The second kappa shape index (κ2) is 6.09. The zero-order valence-corrected chi connectivity index (χ0v) is 9.73. The minimum absolute atomic E-state index is 0.0258. The van der Waals surface area contributed by atoms with Crippen molar-refractivity contribution in [3.63, 3.8) is 0 Å². The first-order valence-electron chi connectivity index (χ1n) is 5.33. The Morgan fingerprint density at radius 3 is 2.87 bits per heavy atom. The van der Waals surface area contributed by atoms with Crippen molar-refractivity contribution in [1.82, 2.24) is 0 Å². The molecule has 15 heavy (non-hydrogen) atoms. The lowest BCUT2D eigenvalue weighted by Crippen LogP contribution is -2.23. The predicted molar refractivity (Wildman–Crippen MR) is 62.6 cm³/mol. The van der Waals surface area contributed by atoms with Gasteiger partial charge >= 0.3 is 0 Å². The van der Waals surface area contributed by atoms with E-state index in [0.29, 0.717) is 12.0 Å². The molecule has 0 fully saturated rings. The average Bonchev–Trinajstić information content (AvgIpc) is 2.22. The fourth-order valence-corrected chi connectivity index (χ4v) is 1.75. The van der Waals surface area contributed by atoms with Gasteiger partial charge in [0.15, 0.2) is 0 Å². The predicted octanol–water partition coefficient (Wildman–Crippen LogP) is 3.54. The largest absolute Gasteiger partial charge is 0.327 e. The molecule has 3 heteroatoms. The number of benzene rings is 1. The van der Waals surface area contributed by atoms with Crippen LogP contribution < -0.4 is 5.73 Å². The minimum Gasteiger partial charge on any atom is -0.327 e. The van der Waals surface area contributed by atoms with Crippen molar-refractivity contribution in [2.24, 2.45) is 5.73 Å². The molecule has 0 aliphatic rings. The molecule has 0 aliphatic heterocycles. The summed E-state index contributed by atoms with van der Waals surface area (Å²) in [4.78, 5) is 0. The minimum atomic E-state index is -0.328. The van der Waals surface area contributed by atoms with Crippen molar-refractivity contribution in [2.75, 3.05) is 0 Å². The number of hydrogen-bond acceptors (Lipinski definition) is 1. The summed E-state index contributed by atoms with van der Waals surface area (Å²) in [5, 5.41) is 0.176. The second-order valence-electron chi connectivity index (χ2n) is 3.82. The molecule has 0 spiro atoms. The Balaban J connectivity index is 2.60. The van der Waals surface area contributed by atoms with Crippen LogP contribution in [0.2, 0.25) is 5.02 Å². The van der Waals surface area contributed by atoms with E-state index in [1.54, 1.807) is 18.2 Å². The molecule has 0 radical (unpaired) electrons. The lowest BCUT2D eigenvalue weighted by Gasteiger charge is -2.11. The maximum Gasteiger partial charge on any atom is 0.145 e. The molecule has 0 aromatic heterocycles. The van der Waals surface area contributed by atoms with Gasteiger partial charge in [-0.2, -0.15) is 0 Å². The number of rotatable bonds is 5. The number of hydrogen-bond donors (Lipinski definition) is 1. The van der Waals surface area contributed by atoms with Gasteiger partial charge < -0.3 is 5.73 Å². The van der Waals surface area contributed by atoms with Gasteiger partial charge in [0.1, 0.15) is 5.82 Å². The number of halogens is 2. The molecule has 1 unspecified atom stereocenters. The van der Waals surface area contributed by atoms with Gasteiger partial charge in [0.25, 0.3) is 0 Å². The van der Waals surface area contributed by atoms with Crippen LogP contribution >= 0.6 is 11.6 Å². The molecule has 0 aliphatic carbocycles. The Morgan fingerprint density at radius 1 is 1.47 bits per heavy atom. The maximum atomic E-state index is 13.5. The third-order valence-electron chi connectivity index (χ3n) is 2.44. The summed E-state index contributed by atoms with van der Waals surface area (Å²) in [5.74, 6) is -0.328. The normalized spacial score (nSPS) is 12.8. The van der Waals surface area contributed by atoms with Crippen LogP contribution in [0.4, 0.5) is 4.39 Å². The first-order valence-corrected chi connectivity index (χ1v) is 5.71. The lowest BCUT2D eigenvalue weighted by molar-refractivity contribution is 0.548. The van der Waals surface area contributed by atoms with Crippen LogP contribution in [-0.2, 0) is 6.42 Å². The van der Waals surface area contributed by atoms with Crippen molar-refractivity contribution < 1.29 is 4.39 Å². The first-order chi connectivity index (χ1) is 7.15. The highest BCUT2D eigenvalue weighted by atomic mass is 35.5. The van der Waals surface area contributed by atoms with Gasteiger partial charge in [0.05, 0.1) is 5.02 Å². The van der Waals surface area contributed by atoms with Crippen LogP contribution in [0.5, 0.6) is 0 Å². The van der Waals surface area contributed by atoms with Gasteiger partial charge in [-0.25, -0.2) is 4.39 Å². The third-order valence-corrected chi connectivity index (χ3v) is 2.73. The molecule has 0 saturated heterocycles. The summed E-state index contributed by atoms with van der Waals surface area (Å²) < 4.78 is 13.5. The lowest BCUT2D eigenvalue weighted by atomic mass is 10.0. The molecule has 84 valence electrons. The Hall–Kier alpha value is -0.600. The van der Waals surface area contributed by atoms with Gasteiger partial charge in [0.2, 0.25) is 0 Å². The number of unbranched alkanes of at least 4 members (excludes halogenated alkanes) is 1. The van der Waals surface area contributed by atoms with E-state index < -0.39 is 0 Å². The van der Waals surface area contributed by atoms with E-state index in [9.17, 15) is 4.39 Å². The van der Waals surface area contributed by atoms with Gasteiger partial charge in [-0.3, -0.25) is 0 Å². The molecule has 0 heterocycles. The van der Waals surface area contributed by atoms with Crippen LogP contribution in [0.1, 0.15) is 31.7 Å². The first kappa shape index (κ1) is 12.5. The Labute approximate surface area is 95.4 Å². The monoisotopic (exact) mass is 229 g/mol. The average molecular weight is 230 g/mol. The fourth-order valence-electron chi connectivity index (χ4n) is 1.56. The van der Waals surface area contributed by atoms with E-state index in [4.69, 9.17) is 17.3 Å².